The number of thiophene rings is 1. The monoisotopic (exact) mass is 390 g/mol. The third kappa shape index (κ3) is 4.86. The maximum Gasteiger partial charge on any atom is 0.325 e. The molecule has 1 N–H and O–H groups in total. The Kier molecular flexibility index (Phi) is 6.30. The van der Waals surface area contributed by atoms with Crippen LogP contribution in [0.1, 0.15) is 15.8 Å². The van der Waals surface area contributed by atoms with E-state index in [4.69, 9.17) is 4.74 Å². The first-order valence-corrected chi connectivity index (χ1v) is 9.97. The van der Waals surface area contributed by atoms with Crippen molar-refractivity contribution in [2.75, 3.05) is 18.8 Å². The summed E-state index contributed by atoms with van der Waals surface area (Å²) in [5.41, 5.74) is 0.880. The van der Waals surface area contributed by atoms with E-state index in [1.165, 1.54) is 11.8 Å². The van der Waals surface area contributed by atoms with E-state index in [-0.39, 0.29) is 36.9 Å². The van der Waals surface area contributed by atoms with Crippen LogP contribution >= 0.6 is 23.1 Å². The fourth-order valence-corrected chi connectivity index (χ4v) is 4.63. The van der Waals surface area contributed by atoms with Crippen LogP contribution < -0.4 is 5.32 Å². The molecule has 2 aromatic rings. The Morgan fingerprint density at radius 1 is 1.19 bits per heavy atom. The number of ether oxygens (including phenoxy) is 1. The SMILES string of the molecule is O=C(CN1C(=O)CSC1c1cccs1)NCC(=O)OCc1ccccc1. The number of hydrogen-bond donors (Lipinski definition) is 1. The molecule has 8 heteroatoms. The summed E-state index contributed by atoms with van der Waals surface area (Å²) in [5, 5.41) is 4.32. The summed E-state index contributed by atoms with van der Waals surface area (Å²) in [6.07, 6.45) is 0. The molecule has 1 atom stereocenters. The minimum absolute atomic E-state index is 0.0691. The molecule has 26 heavy (non-hydrogen) atoms. The van der Waals surface area contributed by atoms with Gasteiger partial charge in [0.1, 0.15) is 25.1 Å². The largest absolute Gasteiger partial charge is 0.460 e. The van der Waals surface area contributed by atoms with Gasteiger partial charge < -0.3 is 15.0 Å². The average Bonchev–Trinajstić information content (AvgIpc) is 3.30. The van der Waals surface area contributed by atoms with E-state index in [9.17, 15) is 14.4 Å². The molecule has 0 radical (unpaired) electrons. The Hall–Kier alpha value is -2.32. The summed E-state index contributed by atoms with van der Waals surface area (Å²) in [7, 11) is 0. The molecule has 6 nitrogen and oxygen atoms in total. The molecule has 2 amide bonds. The van der Waals surface area contributed by atoms with Gasteiger partial charge in [0.15, 0.2) is 0 Å². The number of carbonyl (C=O) groups excluding carboxylic acids is 3. The predicted molar refractivity (Wildman–Crippen MR) is 100 cm³/mol. The zero-order valence-corrected chi connectivity index (χ0v) is 15.6. The molecule has 0 aliphatic carbocycles. The maximum atomic E-state index is 12.1. The molecule has 0 bridgehead atoms. The summed E-state index contributed by atoms with van der Waals surface area (Å²) in [5.74, 6) is -0.608. The molecule has 2 heterocycles. The van der Waals surface area contributed by atoms with Crippen molar-refractivity contribution < 1.29 is 19.1 Å². The lowest BCUT2D eigenvalue weighted by Gasteiger charge is -2.22. The van der Waals surface area contributed by atoms with Crippen LogP contribution in [0.5, 0.6) is 0 Å². The number of nitrogens with zero attached hydrogens (tertiary/aromatic N) is 1. The summed E-state index contributed by atoms with van der Waals surface area (Å²) in [6.45, 7) is -0.123. The zero-order chi connectivity index (χ0) is 18.4. The number of carbonyl (C=O) groups is 3. The Labute approximate surface area is 159 Å². The second-order valence-corrected chi connectivity index (χ2v) is 7.67. The van der Waals surface area contributed by atoms with Gasteiger partial charge in [-0.1, -0.05) is 36.4 Å². The molecule has 1 aliphatic heterocycles. The van der Waals surface area contributed by atoms with Gasteiger partial charge in [0, 0.05) is 4.88 Å². The minimum Gasteiger partial charge on any atom is -0.460 e. The second-order valence-electron chi connectivity index (χ2n) is 5.62. The number of benzene rings is 1. The molecule has 0 spiro atoms. The van der Waals surface area contributed by atoms with Crippen LogP contribution in [-0.2, 0) is 25.7 Å². The maximum absolute atomic E-state index is 12.1. The quantitative estimate of drug-likeness (QED) is 0.734. The van der Waals surface area contributed by atoms with E-state index in [0.717, 1.165) is 10.4 Å². The lowest BCUT2D eigenvalue weighted by molar-refractivity contribution is -0.145. The Bertz CT molecular complexity index is 765. The van der Waals surface area contributed by atoms with Crippen LogP contribution in [0, 0.1) is 0 Å². The van der Waals surface area contributed by atoms with Crippen LogP contribution in [0.2, 0.25) is 0 Å². The van der Waals surface area contributed by atoms with Gasteiger partial charge in [0.25, 0.3) is 0 Å². The average molecular weight is 390 g/mol. The van der Waals surface area contributed by atoms with Crippen LogP contribution in [0.4, 0.5) is 0 Å². The van der Waals surface area contributed by atoms with E-state index >= 15 is 0 Å². The molecular formula is C18H18N2O4S2. The van der Waals surface area contributed by atoms with Crippen LogP contribution in [0.25, 0.3) is 0 Å². The van der Waals surface area contributed by atoms with E-state index < -0.39 is 5.97 Å². The molecule has 1 saturated heterocycles. The van der Waals surface area contributed by atoms with Gasteiger partial charge in [-0.3, -0.25) is 14.4 Å². The van der Waals surface area contributed by atoms with Crippen LogP contribution in [0.15, 0.2) is 47.8 Å². The highest BCUT2D eigenvalue weighted by Crippen LogP contribution is 2.40. The van der Waals surface area contributed by atoms with Crippen molar-refractivity contribution in [2.45, 2.75) is 12.0 Å². The van der Waals surface area contributed by atoms with E-state index in [1.54, 1.807) is 16.2 Å². The van der Waals surface area contributed by atoms with Crippen molar-refractivity contribution in [1.29, 1.82) is 0 Å². The highest BCUT2D eigenvalue weighted by Gasteiger charge is 2.34. The zero-order valence-electron chi connectivity index (χ0n) is 13.9. The fourth-order valence-electron chi connectivity index (χ4n) is 2.46. The normalized spacial score (nSPS) is 16.5. The minimum atomic E-state index is -0.515. The van der Waals surface area contributed by atoms with Crippen LogP contribution in [-0.4, -0.2) is 41.5 Å². The number of hydrogen-bond acceptors (Lipinski definition) is 6. The standard InChI is InChI=1S/C18H18N2O4S2/c21-15(19-9-17(23)24-11-13-5-2-1-3-6-13)10-20-16(22)12-26-18(20)14-7-4-8-25-14/h1-8,18H,9-12H2,(H,19,21). The van der Waals surface area contributed by atoms with Gasteiger partial charge in [0.05, 0.1) is 5.75 Å². The van der Waals surface area contributed by atoms with Gasteiger partial charge >= 0.3 is 5.97 Å². The third-order valence-electron chi connectivity index (χ3n) is 3.74. The topological polar surface area (TPSA) is 75.7 Å². The number of esters is 1. The molecule has 1 aliphatic rings. The Balaban J connectivity index is 1.44. The Morgan fingerprint density at radius 3 is 2.73 bits per heavy atom. The summed E-state index contributed by atoms with van der Waals surface area (Å²) >= 11 is 3.06. The summed E-state index contributed by atoms with van der Waals surface area (Å²) in [6, 6.07) is 13.2. The summed E-state index contributed by atoms with van der Waals surface area (Å²) in [4.78, 5) is 38.5. The number of thioether (sulfide) groups is 1. The van der Waals surface area contributed by atoms with E-state index in [2.05, 4.69) is 5.32 Å². The first-order valence-electron chi connectivity index (χ1n) is 8.04. The first-order chi connectivity index (χ1) is 12.6. The van der Waals surface area contributed by atoms with Crippen LogP contribution in [0.3, 0.4) is 0 Å². The third-order valence-corrected chi connectivity index (χ3v) is 6.05. The lowest BCUT2D eigenvalue weighted by Crippen LogP contribution is -2.41. The highest BCUT2D eigenvalue weighted by molar-refractivity contribution is 8.00. The molecule has 1 fully saturated rings. The number of amides is 2. The molecular weight excluding hydrogens is 372 g/mol. The molecule has 136 valence electrons. The van der Waals surface area contributed by atoms with Gasteiger partial charge in [-0.25, -0.2) is 0 Å². The molecule has 0 saturated carbocycles. The number of nitrogens with one attached hydrogen (secondary N) is 1. The van der Waals surface area contributed by atoms with Crippen molar-refractivity contribution in [1.82, 2.24) is 10.2 Å². The van der Waals surface area contributed by atoms with Gasteiger partial charge in [0.2, 0.25) is 11.8 Å². The van der Waals surface area contributed by atoms with Crippen molar-refractivity contribution in [2.24, 2.45) is 0 Å². The van der Waals surface area contributed by atoms with Gasteiger partial charge in [-0.05, 0) is 17.0 Å². The smallest absolute Gasteiger partial charge is 0.325 e. The molecule has 1 unspecified atom stereocenters. The van der Waals surface area contributed by atoms with Crippen molar-refractivity contribution in [3.63, 3.8) is 0 Å². The molecule has 3 rings (SSSR count). The predicted octanol–water partition coefficient (Wildman–Crippen LogP) is 2.18. The molecule has 1 aromatic heterocycles. The van der Waals surface area contributed by atoms with Gasteiger partial charge in [-0.15, -0.1) is 23.1 Å². The second kappa shape index (κ2) is 8.86. The first kappa shape index (κ1) is 18.5. The van der Waals surface area contributed by atoms with Crippen molar-refractivity contribution in [3.8, 4) is 0 Å². The summed E-state index contributed by atoms with van der Waals surface area (Å²) < 4.78 is 5.11. The Morgan fingerprint density at radius 2 is 2.00 bits per heavy atom. The van der Waals surface area contributed by atoms with E-state index in [1.807, 2.05) is 47.8 Å². The molecule has 1 aromatic carbocycles. The lowest BCUT2D eigenvalue weighted by atomic mass is 10.2. The van der Waals surface area contributed by atoms with E-state index in [0.29, 0.717) is 5.75 Å². The fraction of sp³-hybridized carbons (Fsp3) is 0.278. The highest BCUT2D eigenvalue weighted by atomic mass is 32.2. The van der Waals surface area contributed by atoms with Crippen molar-refractivity contribution >= 4 is 40.9 Å². The van der Waals surface area contributed by atoms with Crippen molar-refractivity contribution in [3.05, 3.63) is 58.3 Å². The number of rotatable bonds is 7. The van der Waals surface area contributed by atoms with Gasteiger partial charge in [-0.2, -0.15) is 0 Å².